The number of halogens is 1. The van der Waals surface area contributed by atoms with Gasteiger partial charge in [-0.3, -0.25) is 0 Å². The van der Waals surface area contributed by atoms with Crippen LogP contribution in [0, 0.1) is 17.1 Å². The molecule has 0 spiro atoms. The molecular formula is C31H26FN5O. The first-order valence-corrected chi connectivity index (χ1v) is 12.3. The zero-order chi connectivity index (χ0) is 26.2. The molecule has 5 aromatic rings. The minimum Gasteiger partial charge on any atom is -0.457 e. The van der Waals surface area contributed by atoms with Crippen LogP contribution in [0.15, 0.2) is 109 Å². The van der Waals surface area contributed by atoms with Gasteiger partial charge >= 0.3 is 0 Å². The minimum atomic E-state index is -0.240. The molecule has 5 rings (SSSR count). The Bertz CT molecular complexity index is 1490. The lowest BCUT2D eigenvalue weighted by atomic mass is 10.1. The molecule has 0 aliphatic carbocycles. The first-order valence-electron chi connectivity index (χ1n) is 12.3. The van der Waals surface area contributed by atoms with E-state index in [4.69, 9.17) is 10.00 Å². The summed E-state index contributed by atoms with van der Waals surface area (Å²) in [5.41, 5.74) is 3.76. The topological polar surface area (TPSA) is 67.0 Å². The highest BCUT2D eigenvalue weighted by Gasteiger charge is 2.14. The van der Waals surface area contributed by atoms with Crippen molar-refractivity contribution in [2.75, 3.05) is 11.4 Å². The monoisotopic (exact) mass is 503 g/mol. The lowest BCUT2D eigenvalue weighted by Crippen LogP contribution is -2.27. The summed E-state index contributed by atoms with van der Waals surface area (Å²) in [7, 11) is 0. The van der Waals surface area contributed by atoms with Gasteiger partial charge in [-0.05, 0) is 78.2 Å². The number of rotatable bonds is 10. The summed E-state index contributed by atoms with van der Waals surface area (Å²) in [6, 6.07) is 33.9. The summed E-state index contributed by atoms with van der Waals surface area (Å²) in [6.07, 6.45) is 2.47. The quantitative estimate of drug-likeness (QED) is 0.221. The highest BCUT2D eigenvalue weighted by atomic mass is 19.1. The number of ether oxygens (including phenoxy) is 1. The van der Waals surface area contributed by atoms with E-state index in [-0.39, 0.29) is 5.82 Å². The summed E-state index contributed by atoms with van der Waals surface area (Å²) >= 11 is 0. The van der Waals surface area contributed by atoms with E-state index in [0.717, 1.165) is 40.6 Å². The van der Waals surface area contributed by atoms with E-state index in [2.05, 4.69) is 21.2 Å². The molecule has 0 unspecified atom stereocenters. The predicted octanol–water partition coefficient (Wildman–Crippen LogP) is 6.38. The second-order valence-corrected chi connectivity index (χ2v) is 8.89. The van der Waals surface area contributed by atoms with Crippen LogP contribution in [0.1, 0.15) is 22.5 Å². The van der Waals surface area contributed by atoms with Crippen molar-refractivity contribution in [3.8, 4) is 17.6 Å². The maximum absolute atomic E-state index is 13.4. The molecule has 1 heterocycles. The normalized spacial score (nSPS) is 10.6. The average molecular weight is 504 g/mol. The molecule has 0 saturated carbocycles. The number of anilines is 1. The zero-order valence-electron chi connectivity index (χ0n) is 20.7. The molecule has 0 aliphatic heterocycles. The Kier molecular flexibility index (Phi) is 7.71. The van der Waals surface area contributed by atoms with Gasteiger partial charge in [0.05, 0.1) is 24.7 Å². The van der Waals surface area contributed by atoms with Crippen LogP contribution >= 0.6 is 0 Å². The summed E-state index contributed by atoms with van der Waals surface area (Å²) in [5, 5.41) is 17.6. The molecule has 0 fully saturated rings. The van der Waals surface area contributed by atoms with Gasteiger partial charge in [0.15, 0.2) is 5.82 Å². The molecule has 38 heavy (non-hydrogen) atoms. The van der Waals surface area contributed by atoms with Gasteiger partial charge in [0, 0.05) is 12.2 Å². The van der Waals surface area contributed by atoms with Gasteiger partial charge in [0.25, 0.3) is 0 Å². The van der Waals surface area contributed by atoms with Gasteiger partial charge in [-0.25, -0.2) is 4.39 Å². The third-order valence-corrected chi connectivity index (χ3v) is 6.23. The zero-order valence-corrected chi connectivity index (χ0v) is 20.7. The average Bonchev–Trinajstić information content (AvgIpc) is 3.39. The summed E-state index contributed by atoms with van der Waals surface area (Å²) in [5.74, 6) is 2.11. The molecule has 4 aromatic carbocycles. The number of benzene rings is 4. The lowest BCUT2D eigenvalue weighted by Gasteiger charge is -2.25. The lowest BCUT2D eigenvalue weighted by molar-refractivity contribution is 0.482. The maximum atomic E-state index is 13.4. The van der Waals surface area contributed by atoms with Crippen LogP contribution in [0.2, 0.25) is 0 Å². The van der Waals surface area contributed by atoms with Gasteiger partial charge in [-0.2, -0.15) is 5.26 Å². The molecule has 0 atom stereocenters. The summed E-state index contributed by atoms with van der Waals surface area (Å²) in [4.78, 5) is 2.23. The minimum absolute atomic E-state index is 0.240. The fourth-order valence-corrected chi connectivity index (χ4v) is 4.15. The largest absolute Gasteiger partial charge is 0.457 e. The molecule has 0 N–H and O–H groups in total. The maximum Gasteiger partial charge on any atom is 0.152 e. The predicted molar refractivity (Wildman–Crippen MR) is 144 cm³/mol. The first kappa shape index (κ1) is 24.7. The van der Waals surface area contributed by atoms with E-state index in [1.807, 2.05) is 95.6 Å². The molecule has 0 radical (unpaired) electrons. The standard InChI is InChI=1S/C31H26FN5O/c32-27-12-10-24(11-13-27)18-19-36(28-14-16-30(17-15-28)38-29-4-2-1-3-5-29)22-31-35-34-23-37(31)21-26-8-6-25(20-33)7-9-26/h1-17,23H,18-19,21-22H2. The molecule has 0 bridgehead atoms. The Morgan fingerprint density at radius 1 is 0.816 bits per heavy atom. The van der Waals surface area contributed by atoms with Crippen molar-refractivity contribution in [3.63, 3.8) is 0 Å². The van der Waals surface area contributed by atoms with Crippen molar-refractivity contribution in [2.24, 2.45) is 0 Å². The number of nitrogens with zero attached hydrogens (tertiary/aromatic N) is 5. The molecule has 0 saturated heterocycles. The molecule has 7 heteroatoms. The summed E-state index contributed by atoms with van der Waals surface area (Å²) in [6.45, 7) is 1.84. The SMILES string of the molecule is N#Cc1ccc(Cn2cnnc2CN(CCc2ccc(F)cc2)c2ccc(Oc3ccccc3)cc2)cc1. The molecule has 188 valence electrons. The Morgan fingerprint density at radius 2 is 1.50 bits per heavy atom. The number of aromatic nitrogens is 3. The molecule has 0 aliphatic rings. The first-order chi connectivity index (χ1) is 18.7. The Hall–Kier alpha value is -4.96. The van der Waals surface area contributed by atoms with Crippen molar-refractivity contribution < 1.29 is 9.13 Å². The van der Waals surface area contributed by atoms with Crippen molar-refractivity contribution in [1.82, 2.24) is 14.8 Å². The molecule has 1 aromatic heterocycles. The van der Waals surface area contributed by atoms with Crippen LogP contribution < -0.4 is 9.64 Å². The van der Waals surface area contributed by atoms with Crippen LogP contribution in [-0.4, -0.2) is 21.3 Å². The Morgan fingerprint density at radius 3 is 2.21 bits per heavy atom. The van der Waals surface area contributed by atoms with Crippen LogP contribution in [-0.2, 0) is 19.5 Å². The van der Waals surface area contributed by atoms with Crippen LogP contribution in [0.25, 0.3) is 0 Å². The van der Waals surface area contributed by atoms with E-state index >= 15 is 0 Å². The van der Waals surface area contributed by atoms with Crippen molar-refractivity contribution in [3.05, 3.63) is 138 Å². The smallest absolute Gasteiger partial charge is 0.152 e. The van der Waals surface area contributed by atoms with Gasteiger partial charge in [-0.1, -0.05) is 42.5 Å². The van der Waals surface area contributed by atoms with E-state index in [1.165, 1.54) is 12.1 Å². The molecular weight excluding hydrogens is 477 g/mol. The third kappa shape index (κ3) is 6.42. The number of nitriles is 1. The summed E-state index contributed by atoms with van der Waals surface area (Å²) < 4.78 is 21.4. The highest BCUT2D eigenvalue weighted by molar-refractivity contribution is 5.50. The number of para-hydroxylation sites is 1. The van der Waals surface area contributed by atoms with Gasteiger partial charge < -0.3 is 14.2 Å². The Balaban J connectivity index is 1.35. The van der Waals surface area contributed by atoms with Crippen molar-refractivity contribution in [2.45, 2.75) is 19.5 Å². The fourth-order valence-electron chi connectivity index (χ4n) is 4.15. The van der Waals surface area contributed by atoms with Crippen LogP contribution in [0.4, 0.5) is 10.1 Å². The van der Waals surface area contributed by atoms with Crippen LogP contribution in [0.3, 0.4) is 0 Å². The highest BCUT2D eigenvalue weighted by Crippen LogP contribution is 2.25. The number of hydrogen-bond acceptors (Lipinski definition) is 5. The fraction of sp³-hybridized carbons (Fsp3) is 0.129. The van der Waals surface area contributed by atoms with E-state index in [1.54, 1.807) is 6.33 Å². The van der Waals surface area contributed by atoms with E-state index in [0.29, 0.717) is 25.2 Å². The Labute approximate surface area is 221 Å². The van der Waals surface area contributed by atoms with E-state index in [9.17, 15) is 4.39 Å². The van der Waals surface area contributed by atoms with Crippen molar-refractivity contribution in [1.29, 1.82) is 5.26 Å². The molecule has 0 amide bonds. The second kappa shape index (κ2) is 11.8. The third-order valence-electron chi connectivity index (χ3n) is 6.23. The van der Waals surface area contributed by atoms with E-state index < -0.39 is 0 Å². The number of hydrogen-bond donors (Lipinski definition) is 0. The van der Waals surface area contributed by atoms with Gasteiger partial charge in [0.2, 0.25) is 0 Å². The van der Waals surface area contributed by atoms with Crippen molar-refractivity contribution >= 4 is 5.69 Å². The van der Waals surface area contributed by atoms with Gasteiger partial charge in [0.1, 0.15) is 23.6 Å². The second-order valence-electron chi connectivity index (χ2n) is 8.89. The van der Waals surface area contributed by atoms with Gasteiger partial charge in [-0.15, -0.1) is 10.2 Å². The van der Waals surface area contributed by atoms with Crippen LogP contribution in [0.5, 0.6) is 11.5 Å². The molecule has 6 nitrogen and oxygen atoms in total.